The van der Waals surface area contributed by atoms with Gasteiger partial charge in [-0.1, -0.05) is 0 Å². The van der Waals surface area contributed by atoms with E-state index in [4.69, 9.17) is 5.26 Å². The second-order valence-corrected chi connectivity index (χ2v) is 3.15. The van der Waals surface area contributed by atoms with Crippen molar-refractivity contribution in [2.45, 2.75) is 19.0 Å². The molecule has 1 rings (SSSR count). The van der Waals surface area contributed by atoms with E-state index in [0.717, 1.165) is 0 Å². The molecule has 1 aromatic rings. The van der Waals surface area contributed by atoms with Crippen LogP contribution in [0.25, 0.3) is 0 Å². The molecule has 1 heterocycles. The highest BCUT2D eigenvalue weighted by molar-refractivity contribution is 5.42. The molecule has 1 aromatic heterocycles. The van der Waals surface area contributed by atoms with Crippen LogP contribution < -0.4 is 4.74 Å². The van der Waals surface area contributed by atoms with Crippen LogP contribution in [0, 0.1) is 17.3 Å². The zero-order chi connectivity index (χ0) is 14.8. The van der Waals surface area contributed by atoms with Gasteiger partial charge in [0.15, 0.2) is 5.75 Å². The molecule has 0 amide bonds. The van der Waals surface area contributed by atoms with Gasteiger partial charge in [0.05, 0.1) is 18.1 Å². The van der Waals surface area contributed by atoms with Crippen LogP contribution in [0.1, 0.15) is 11.1 Å². The van der Waals surface area contributed by atoms with E-state index in [-0.39, 0.29) is 6.20 Å². The third-order valence-electron chi connectivity index (χ3n) is 1.85. The van der Waals surface area contributed by atoms with Crippen molar-refractivity contribution in [2.24, 2.45) is 0 Å². The molecule has 0 aliphatic heterocycles. The smallest absolute Gasteiger partial charge is 0.405 e. The minimum absolute atomic E-state index is 0.128. The highest BCUT2D eigenvalue weighted by Crippen LogP contribution is 2.40. The van der Waals surface area contributed by atoms with Gasteiger partial charge in [0, 0.05) is 6.20 Å². The predicted octanol–water partition coefficient (Wildman–Crippen LogP) is 3.20. The normalized spacial score (nSPS) is 12.1. The number of halogens is 7. The fourth-order valence-electron chi connectivity index (χ4n) is 1.18. The quantitative estimate of drug-likeness (QED) is 0.620. The van der Waals surface area contributed by atoms with E-state index >= 15 is 0 Å². The lowest BCUT2D eigenvalue weighted by Crippen LogP contribution is -2.22. The van der Waals surface area contributed by atoms with Crippen LogP contribution in [0.3, 0.4) is 0 Å². The molecule has 0 saturated heterocycles. The summed E-state index contributed by atoms with van der Waals surface area (Å²) in [5.41, 5.74) is -3.11. The summed E-state index contributed by atoms with van der Waals surface area (Å²) in [6.45, 7) is 0. The van der Waals surface area contributed by atoms with Gasteiger partial charge in [0.2, 0.25) is 5.95 Å². The molecule has 0 atom stereocenters. The number of nitriles is 1. The third kappa shape index (κ3) is 3.70. The number of alkyl halides is 6. The number of pyridine rings is 1. The van der Waals surface area contributed by atoms with E-state index in [9.17, 15) is 30.7 Å². The Hall–Kier alpha value is -2.05. The SMILES string of the molecule is N#CCc1c(F)ncc(C(F)(F)F)c1OC(F)(F)F. The minimum atomic E-state index is -5.46. The maximum absolute atomic E-state index is 13.1. The average molecular weight is 288 g/mol. The number of hydrogen-bond acceptors (Lipinski definition) is 3. The van der Waals surface area contributed by atoms with Gasteiger partial charge in [-0.3, -0.25) is 0 Å². The Morgan fingerprint density at radius 3 is 2.21 bits per heavy atom. The molecule has 3 nitrogen and oxygen atoms in total. The summed E-state index contributed by atoms with van der Waals surface area (Å²) in [6, 6.07) is 1.23. The summed E-state index contributed by atoms with van der Waals surface area (Å²) in [4.78, 5) is 2.67. The van der Waals surface area contributed by atoms with Crippen molar-refractivity contribution in [1.82, 2.24) is 4.98 Å². The lowest BCUT2D eigenvalue weighted by molar-refractivity contribution is -0.276. The molecular weight excluding hydrogens is 285 g/mol. The zero-order valence-electron chi connectivity index (χ0n) is 8.73. The Morgan fingerprint density at radius 2 is 1.79 bits per heavy atom. The molecule has 0 aromatic carbocycles. The van der Waals surface area contributed by atoms with Gasteiger partial charge in [-0.2, -0.15) is 22.8 Å². The molecule has 104 valence electrons. The number of nitrogens with zero attached hydrogens (tertiary/aromatic N) is 2. The van der Waals surface area contributed by atoms with Crippen LogP contribution >= 0.6 is 0 Å². The fraction of sp³-hybridized carbons (Fsp3) is 0.333. The summed E-state index contributed by atoms with van der Waals surface area (Å²) < 4.78 is 89.9. The van der Waals surface area contributed by atoms with E-state index in [1.54, 1.807) is 0 Å². The Kier molecular flexibility index (Phi) is 3.88. The van der Waals surface area contributed by atoms with E-state index in [1.165, 1.54) is 6.07 Å². The van der Waals surface area contributed by atoms with Crippen LogP contribution in [-0.2, 0) is 12.6 Å². The molecule has 0 fully saturated rings. The Labute approximate surface area is 101 Å². The lowest BCUT2D eigenvalue weighted by atomic mass is 10.1. The summed E-state index contributed by atoms with van der Waals surface area (Å²) >= 11 is 0. The predicted molar refractivity (Wildman–Crippen MR) is 45.2 cm³/mol. The van der Waals surface area contributed by atoms with Crippen molar-refractivity contribution in [3.8, 4) is 11.8 Å². The molecule has 0 aliphatic rings. The molecule has 19 heavy (non-hydrogen) atoms. The van der Waals surface area contributed by atoms with Crippen molar-refractivity contribution < 1.29 is 35.5 Å². The second kappa shape index (κ2) is 4.91. The van der Waals surface area contributed by atoms with Crippen molar-refractivity contribution in [1.29, 1.82) is 5.26 Å². The molecular formula is C9H3F7N2O. The molecule has 0 N–H and O–H groups in total. The molecule has 0 spiro atoms. The van der Waals surface area contributed by atoms with Crippen LogP contribution in [-0.4, -0.2) is 11.3 Å². The number of ether oxygens (including phenoxy) is 1. The van der Waals surface area contributed by atoms with Crippen molar-refractivity contribution in [3.05, 3.63) is 23.3 Å². The minimum Gasteiger partial charge on any atom is -0.405 e. The van der Waals surface area contributed by atoms with Gasteiger partial charge in [-0.05, 0) is 0 Å². The zero-order valence-corrected chi connectivity index (χ0v) is 8.73. The van der Waals surface area contributed by atoms with Crippen LogP contribution in [0.2, 0.25) is 0 Å². The Balaban J connectivity index is 3.50. The van der Waals surface area contributed by atoms with E-state index in [2.05, 4.69) is 9.72 Å². The Bertz CT molecular complexity index is 515. The fourth-order valence-corrected chi connectivity index (χ4v) is 1.18. The van der Waals surface area contributed by atoms with Crippen LogP contribution in [0.4, 0.5) is 30.7 Å². The van der Waals surface area contributed by atoms with Gasteiger partial charge in [-0.25, -0.2) is 4.98 Å². The summed E-state index contributed by atoms with van der Waals surface area (Å²) in [6.07, 6.45) is -11.9. The third-order valence-corrected chi connectivity index (χ3v) is 1.85. The number of aromatic nitrogens is 1. The first-order valence-corrected chi connectivity index (χ1v) is 4.43. The first kappa shape index (κ1) is 15.0. The van der Waals surface area contributed by atoms with E-state index in [1.807, 2.05) is 0 Å². The Morgan fingerprint density at radius 1 is 1.21 bits per heavy atom. The summed E-state index contributed by atoms with van der Waals surface area (Å²) in [7, 11) is 0. The average Bonchev–Trinajstić information content (AvgIpc) is 2.19. The lowest BCUT2D eigenvalue weighted by Gasteiger charge is -2.17. The van der Waals surface area contributed by atoms with Crippen molar-refractivity contribution >= 4 is 0 Å². The highest BCUT2D eigenvalue weighted by atomic mass is 19.4. The molecule has 0 unspecified atom stereocenters. The maximum Gasteiger partial charge on any atom is 0.573 e. The molecule has 0 radical (unpaired) electrons. The van der Waals surface area contributed by atoms with Crippen molar-refractivity contribution in [3.63, 3.8) is 0 Å². The van der Waals surface area contributed by atoms with E-state index < -0.39 is 41.8 Å². The second-order valence-electron chi connectivity index (χ2n) is 3.15. The topological polar surface area (TPSA) is 45.9 Å². The van der Waals surface area contributed by atoms with Gasteiger partial charge in [0.25, 0.3) is 0 Å². The first-order valence-electron chi connectivity index (χ1n) is 4.43. The first-order chi connectivity index (χ1) is 8.56. The summed E-state index contributed by atoms with van der Waals surface area (Å²) in [5.74, 6) is -3.43. The van der Waals surface area contributed by atoms with Crippen molar-refractivity contribution in [2.75, 3.05) is 0 Å². The molecule has 0 bridgehead atoms. The van der Waals surface area contributed by atoms with Gasteiger partial charge in [0.1, 0.15) is 5.56 Å². The van der Waals surface area contributed by atoms with Crippen LogP contribution in [0.5, 0.6) is 5.75 Å². The van der Waals surface area contributed by atoms with Gasteiger partial charge < -0.3 is 4.74 Å². The maximum atomic E-state index is 13.1. The van der Waals surface area contributed by atoms with Gasteiger partial charge >= 0.3 is 12.5 Å². The largest absolute Gasteiger partial charge is 0.573 e. The highest BCUT2D eigenvalue weighted by Gasteiger charge is 2.41. The number of hydrogen-bond donors (Lipinski definition) is 0. The monoisotopic (exact) mass is 288 g/mol. The van der Waals surface area contributed by atoms with Gasteiger partial charge in [-0.15, -0.1) is 13.2 Å². The van der Waals surface area contributed by atoms with Crippen LogP contribution in [0.15, 0.2) is 6.20 Å². The van der Waals surface area contributed by atoms with E-state index in [0.29, 0.717) is 0 Å². The molecule has 0 aliphatic carbocycles. The molecule has 0 saturated carbocycles. The molecule has 10 heteroatoms. The number of rotatable bonds is 2. The standard InChI is InChI=1S/C9H3F7N2O/c10-7-4(1-2-17)6(19-9(14,15)16)5(3-18-7)8(11,12)13/h3H,1H2. The summed E-state index contributed by atoms with van der Waals surface area (Å²) in [5, 5.41) is 8.30.